The van der Waals surface area contributed by atoms with E-state index in [4.69, 9.17) is 4.74 Å². The second-order valence-corrected chi connectivity index (χ2v) is 6.33. The van der Waals surface area contributed by atoms with Gasteiger partial charge in [-0.2, -0.15) is 9.37 Å². The number of aromatic nitrogens is 2. The lowest BCUT2D eigenvalue weighted by molar-refractivity contribution is 0.307. The Morgan fingerprint density at radius 3 is 2.59 bits per heavy atom. The number of ether oxygens (including phenoxy) is 1. The van der Waals surface area contributed by atoms with Crippen LogP contribution in [0.2, 0.25) is 0 Å². The van der Waals surface area contributed by atoms with Crippen LogP contribution in [0.1, 0.15) is 6.92 Å². The summed E-state index contributed by atoms with van der Waals surface area (Å²) in [5.41, 5.74) is -0.118. The molecule has 0 atom stereocenters. The molecule has 1 N–H and O–H groups in total. The van der Waals surface area contributed by atoms with E-state index in [0.717, 1.165) is 18.6 Å². The van der Waals surface area contributed by atoms with E-state index in [1.54, 1.807) is 6.92 Å². The second-order valence-electron chi connectivity index (χ2n) is 4.31. The Balaban J connectivity index is 2.34. The van der Waals surface area contributed by atoms with Gasteiger partial charge >= 0.3 is 0 Å². The molecule has 2 aromatic rings. The molecule has 0 radical (unpaired) electrons. The zero-order valence-corrected chi connectivity index (χ0v) is 12.6. The minimum Gasteiger partial charge on any atom is -0.476 e. The maximum absolute atomic E-state index is 14.0. The Morgan fingerprint density at radius 1 is 1.27 bits per heavy atom. The van der Waals surface area contributed by atoms with E-state index in [-0.39, 0.29) is 28.9 Å². The Bertz CT molecular complexity index is 797. The first kappa shape index (κ1) is 16.1. The van der Waals surface area contributed by atoms with Gasteiger partial charge < -0.3 is 10.1 Å². The molecule has 0 unspecified atom stereocenters. The van der Waals surface area contributed by atoms with Crippen LogP contribution < -0.4 is 10.1 Å². The highest BCUT2D eigenvalue weighted by Crippen LogP contribution is 2.26. The van der Waals surface area contributed by atoms with Crippen molar-refractivity contribution in [2.24, 2.45) is 0 Å². The fourth-order valence-corrected chi connectivity index (χ4v) is 2.27. The summed E-state index contributed by atoms with van der Waals surface area (Å²) in [6.07, 6.45) is 2.03. The number of halogens is 2. The summed E-state index contributed by atoms with van der Waals surface area (Å²) in [6.45, 7) is 1.88. The summed E-state index contributed by atoms with van der Waals surface area (Å²) >= 11 is 0. The molecule has 0 aliphatic rings. The number of rotatable bonds is 5. The van der Waals surface area contributed by atoms with Crippen LogP contribution in [-0.2, 0) is 9.84 Å². The van der Waals surface area contributed by atoms with Gasteiger partial charge in [0.2, 0.25) is 5.82 Å². The summed E-state index contributed by atoms with van der Waals surface area (Å²) in [5.74, 6) is -2.24. The lowest BCUT2D eigenvalue weighted by Gasteiger charge is -2.10. The topological polar surface area (TPSA) is 81.2 Å². The monoisotopic (exact) mass is 329 g/mol. The van der Waals surface area contributed by atoms with Crippen molar-refractivity contribution in [3.63, 3.8) is 0 Å². The molecule has 118 valence electrons. The largest absolute Gasteiger partial charge is 0.476 e. The summed E-state index contributed by atoms with van der Waals surface area (Å²) in [7, 11) is -3.52. The zero-order valence-electron chi connectivity index (χ0n) is 11.8. The summed E-state index contributed by atoms with van der Waals surface area (Å²) in [5, 5.41) is 2.44. The number of nitrogens with one attached hydrogen (secondary N) is 1. The molecule has 0 aliphatic carbocycles. The van der Waals surface area contributed by atoms with Gasteiger partial charge in [-0.3, -0.25) is 0 Å². The lowest BCUT2D eigenvalue weighted by Crippen LogP contribution is -2.05. The first-order chi connectivity index (χ1) is 10.3. The number of hydrogen-bond donors (Lipinski definition) is 1. The van der Waals surface area contributed by atoms with E-state index in [1.165, 1.54) is 12.1 Å². The van der Waals surface area contributed by atoms with Gasteiger partial charge in [0, 0.05) is 6.26 Å². The predicted octanol–water partition coefficient (Wildman–Crippen LogP) is 2.30. The van der Waals surface area contributed by atoms with Crippen LogP contribution in [0.4, 0.5) is 20.3 Å². The molecular weight excluding hydrogens is 316 g/mol. The van der Waals surface area contributed by atoms with Crippen LogP contribution in [0.25, 0.3) is 0 Å². The number of nitrogens with zero attached hydrogens (tertiary/aromatic N) is 2. The van der Waals surface area contributed by atoms with Gasteiger partial charge in [0.15, 0.2) is 15.7 Å². The highest BCUT2D eigenvalue weighted by Gasteiger charge is 2.15. The maximum atomic E-state index is 14.0. The average Bonchev–Trinajstić information content (AvgIpc) is 2.44. The number of anilines is 2. The molecule has 1 aromatic carbocycles. The average molecular weight is 329 g/mol. The van der Waals surface area contributed by atoms with Crippen molar-refractivity contribution in [1.29, 1.82) is 0 Å². The second kappa shape index (κ2) is 6.22. The highest BCUT2D eigenvalue weighted by molar-refractivity contribution is 7.90. The van der Waals surface area contributed by atoms with Gasteiger partial charge in [-0.1, -0.05) is 0 Å². The minimum atomic E-state index is -3.52. The van der Waals surface area contributed by atoms with Crippen LogP contribution in [0.15, 0.2) is 29.4 Å². The molecule has 0 amide bonds. The van der Waals surface area contributed by atoms with E-state index in [9.17, 15) is 17.2 Å². The van der Waals surface area contributed by atoms with Gasteiger partial charge in [0.05, 0.1) is 17.2 Å². The fourth-order valence-electron chi connectivity index (χ4n) is 1.63. The first-order valence-electron chi connectivity index (χ1n) is 6.23. The number of sulfone groups is 1. The summed E-state index contributed by atoms with van der Waals surface area (Å²) in [4.78, 5) is 7.11. The normalized spacial score (nSPS) is 11.3. The molecule has 9 heteroatoms. The van der Waals surface area contributed by atoms with Gasteiger partial charge in [0.25, 0.3) is 5.88 Å². The fraction of sp³-hybridized carbons (Fsp3) is 0.231. The molecule has 2 rings (SSSR count). The van der Waals surface area contributed by atoms with Crippen molar-refractivity contribution >= 4 is 21.3 Å². The van der Waals surface area contributed by atoms with E-state index in [1.807, 2.05) is 0 Å². The Hall–Kier alpha value is -2.29. The molecule has 0 saturated heterocycles. The maximum Gasteiger partial charge on any atom is 0.255 e. The SMILES string of the molecule is CCOc1ncnc(Nc2ccc(S(C)(=O)=O)cc2F)c1F. The molecular formula is C13H13F2N3O3S. The molecule has 0 saturated carbocycles. The molecule has 22 heavy (non-hydrogen) atoms. The molecule has 0 fully saturated rings. The van der Waals surface area contributed by atoms with Crippen molar-refractivity contribution in [3.05, 3.63) is 36.2 Å². The van der Waals surface area contributed by atoms with Gasteiger partial charge in [-0.15, -0.1) is 0 Å². The van der Waals surface area contributed by atoms with Gasteiger partial charge in [0.1, 0.15) is 12.1 Å². The molecule has 1 aromatic heterocycles. The van der Waals surface area contributed by atoms with Crippen LogP contribution >= 0.6 is 0 Å². The van der Waals surface area contributed by atoms with E-state index < -0.39 is 21.5 Å². The van der Waals surface area contributed by atoms with E-state index in [2.05, 4.69) is 15.3 Å². The van der Waals surface area contributed by atoms with Gasteiger partial charge in [-0.25, -0.2) is 17.8 Å². The number of hydrogen-bond acceptors (Lipinski definition) is 6. The lowest BCUT2D eigenvalue weighted by atomic mass is 10.3. The molecule has 6 nitrogen and oxygen atoms in total. The summed E-state index contributed by atoms with van der Waals surface area (Å²) in [6, 6.07) is 3.25. The predicted molar refractivity (Wildman–Crippen MR) is 76.0 cm³/mol. The smallest absolute Gasteiger partial charge is 0.255 e. The summed E-state index contributed by atoms with van der Waals surface area (Å²) < 4.78 is 55.6. The van der Waals surface area contributed by atoms with Crippen molar-refractivity contribution in [2.45, 2.75) is 11.8 Å². The van der Waals surface area contributed by atoms with Crippen molar-refractivity contribution in [2.75, 3.05) is 18.2 Å². The molecule has 1 heterocycles. The number of benzene rings is 1. The highest BCUT2D eigenvalue weighted by atomic mass is 32.2. The van der Waals surface area contributed by atoms with Crippen LogP contribution in [0.5, 0.6) is 5.88 Å². The third-order valence-electron chi connectivity index (χ3n) is 2.66. The quantitative estimate of drug-likeness (QED) is 0.906. The Kier molecular flexibility index (Phi) is 4.55. The zero-order chi connectivity index (χ0) is 16.3. The Labute approximate surface area is 126 Å². The third kappa shape index (κ3) is 3.48. The molecule has 0 spiro atoms. The van der Waals surface area contributed by atoms with Crippen molar-refractivity contribution in [1.82, 2.24) is 9.97 Å². The van der Waals surface area contributed by atoms with Crippen LogP contribution in [-0.4, -0.2) is 31.2 Å². The van der Waals surface area contributed by atoms with Crippen LogP contribution in [0.3, 0.4) is 0 Å². The van der Waals surface area contributed by atoms with Crippen molar-refractivity contribution in [3.8, 4) is 5.88 Å². The van der Waals surface area contributed by atoms with E-state index >= 15 is 0 Å². The standard InChI is InChI=1S/C13H13F2N3O3S/c1-3-21-13-11(15)12(16-7-17-13)18-10-5-4-8(6-9(10)14)22(2,19)20/h4-7H,3H2,1-2H3,(H,16,17,18). The first-order valence-corrected chi connectivity index (χ1v) is 8.12. The molecule has 0 aliphatic heterocycles. The van der Waals surface area contributed by atoms with Gasteiger partial charge in [-0.05, 0) is 25.1 Å². The minimum absolute atomic E-state index is 0.118. The molecule has 0 bridgehead atoms. The van der Waals surface area contributed by atoms with Crippen LogP contribution in [0, 0.1) is 11.6 Å². The Morgan fingerprint density at radius 2 is 2.00 bits per heavy atom. The third-order valence-corrected chi connectivity index (χ3v) is 3.77. The van der Waals surface area contributed by atoms with Crippen molar-refractivity contribution < 1.29 is 21.9 Å². The van der Waals surface area contributed by atoms with E-state index in [0.29, 0.717) is 0 Å².